The van der Waals surface area contributed by atoms with E-state index in [1.807, 2.05) is 25.7 Å². The summed E-state index contributed by atoms with van der Waals surface area (Å²) in [4.78, 5) is 6.18. The predicted molar refractivity (Wildman–Crippen MR) is 50.5 cm³/mol. The lowest BCUT2D eigenvalue weighted by molar-refractivity contribution is 0.361. The predicted octanol–water partition coefficient (Wildman–Crippen LogP) is 0.935. The summed E-state index contributed by atoms with van der Waals surface area (Å²) >= 11 is 0. The second-order valence-electron chi connectivity index (χ2n) is 2.89. The highest BCUT2D eigenvalue weighted by atomic mass is 16.5. The average Bonchev–Trinajstić information content (AvgIpc) is 2.56. The van der Waals surface area contributed by atoms with Crippen LogP contribution in [0.2, 0.25) is 0 Å². The van der Waals surface area contributed by atoms with Gasteiger partial charge in [-0.3, -0.25) is 0 Å². The maximum atomic E-state index is 5.60. The van der Waals surface area contributed by atoms with Crippen LogP contribution in [0.5, 0.6) is 0 Å². The van der Waals surface area contributed by atoms with Gasteiger partial charge in [-0.05, 0) is 25.9 Å². The molecule has 0 bridgehead atoms. The van der Waals surface area contributed by atoms with Crippen molar-refractivity contribution in [1.29, 1.82) is 0 Å². The molecule has 1 heterocycles. The molecule has 0 fully saturated rings. The Labute approximate surface area is 77.9 Å². The Morgan fingerprint density at radius 3 is 2.46 bits per heavy atom. The van der Waals surface area contributed by atoms with Crippen LogP contribution < -0.4 is 10.6 Å². The molecule has 74 valence electrons. The summed E-state index contributed by atoms with van der Waals surface area (Å²) in [6.45, 7) is 7.65. The fourth-order valence-electron chi connectivity index (χ4n) is 1.05. The van der Waals surface area contributed by atoms with Crippen molar-refractivity contribution < 1.29 is 4.52 Å². The van der Waals surface area contributed by atoms with E-state index in [1.165, 1.54) is 0 Å². The molecule has 0 aromatic carbocycles. The van der Waals surface area contributed by atoms with Crippen molar-refractivity contribution in [1.82, 2.24) is 10.1 Å². The quantitative estimate of drug-likeness (QED) is 0.754. The van der Waals surface area contributed by atoms with Crippen LogP contribution in [0.3, 0.4) is 0 Å². The van der Waals surface area contributed by atoms with Crippen molar-refractivity contribution in [2.24, 2.45) is 5.73 Å². The van der Waals surface area contributed by atoms with Gasteiger partial charge in [0.2, 0.25) is 5.89 Å². The molecule has 1 aromatic rings. The lowest BCUT2D eigenvalue weighted by Crippen LogP contribution is -2.23. The first-order valence-electron chi connectivity index (χ1n) is 4.53. The summed E-state index contributed by atoms with van der Waals surface area (Å²) in [7, 11) is 0. The molecule has 1 rings (SSSR count). The fraction of sp³-hybridized carbons (Fsp3) is 0.750. The van der Waals surface area contributed by atoms with Crippen molar-refractivity contribution in [3.05, 3.63) is 5.89 Å². The van der Waals surface area contributed by atoms with Gasteiger partial charge in [0.25, 0.3) is 5.95 Å². The number of anilines is 1. The molecule has 0 saturated carbocycles. The minimum absolute atomic E-state index is 0.197. The van der Waals surface area contributed by atoms with Gasteiger partial charge in [0.05, 0.1) is 6.04 Å². The standard InChI is InChI=1S/C8H16N4O/c1-4-12(5-2)8-10-7(6(3)9)13-11-8/h6H,4-5,9H2,1-3H3/t6-/m0/s1. The number of hydrogen-bond donors (Lipinski definition) is 1. The number of nitrogens with two attached hydrogens (primary N) is 1. The normalized spacial score (nSPS) is 12.9. The Morgan fingerprint density at radius 1 is 1.46 bits per heavy atom. The Balaban J connectivity index is 2.78. The Morgan fingerprint density at radius 2 is 2.08 bits per heavy atom. The fourth-order valence-corrected chi connectivity index (χ4v) is 1.05. The Bertz CT molecular complexity index is 254. The van der Waals surface area contributed by atoms with Gasteiger partial charge >= 0.3 is 0 Å². The maximum absolute atomic E-state index is 5.60. The average molecular weight is 184 g/mol. The highest BCUT2D eigenvalue weighted by Crippen LogP contribution is 2.12. The van der Waals surface area contributed by atoms with Gasteiger partial charge in [-0.15, -0.1) is 0 Å². The number of nitrogens with zero attached hydrogens (tertiary/aromatic N) is 3. The van der Waals surface area contributed by atoms with E-state index >= 15 is 0 Å². The minimum Gasteiger partial charge on any atom is -0.339 e. The molecule has 13 heavy (non-hydrogen) atoms. The van der Waals surface area contributed by atoms with E-state index in [-0.39, 0.29) is 6.04 Å². The molecule has 0 unspecified atom stereocenters. The molecule has 0 spiro atoms. The first-order valence-corrected chi connectivity index (χ1v) is 4.53. The second-order valence-corrected chi connectivity index (χ2v) is 2.89. The molecule has 0 aliphatic carbocycles. The molecule has 5 heteroatoms. The lowest BCUT2D eigenvalue weighted by atomic mass is 10.4. The van der Waals surface area contributed by atoms with E-state index in [0.29, 0.717) is 11.8 Å². The molecule has 2 N–H and O–H groups in total. The third-order valence-electron chi connectivity index (χ3n) is 1.87. The van der Waals surface area contributed by atoms with Crippen LogP contribution in [0.25, 0.3) is 0 Å². The van der Waals surface area contributed by atoms with Crippen LogP contribution in [0.1, 0.15) is 32.7 Å². The molecule has 0 aliphatic rings. The first kappa shape index (κ1) is 9.98. The lowest BCUT2D eigenvalue weighted by Gasteiger charge is -2.14. The summed E-state index contributed by atoms with van der Waals surface area (Å²) in [5.41, 5.74) is 5.60. The Hall–Kier alpha value is -1.10. The molecule has 5 nitrogen and oxygen atoms in total. The summed E-state index contributed by atoms with van der Waals surface area (Å²) < 4.78 is 4.98. The summed E-state index contributed by atoms with van der Waals surface area (Å²) in [5, 5.41) is 3.84. The number of aromatic nitrogens is 2. The van der Waals surface area contributed by atoms with Crippen LogP contribution in [-0.2, 0) is 0 Å². The van der Waals surface area contributed by atoms with Gasteiger partial charge < -0.3 is 15.2 Å². The van der Waals surface area contributed by atoms with Crippen molar-refractivity contribution >= 4 is 5.95 Å². The van der Waals surface area contributed by atoms with Gasteiger partial charge in [-0.2, -0.15) is 4.98 Å². The molecule has 1 aromatic heterocycles. The van der Waals surface area contributed by atoms with Crippen LogP contribution in [0.15, 0.2) is 4.52 Å². The number of rotatable bonds is 4. The summed E-state index contributed by atoms with van der Waals surface area (Å²) in [5.74, 6) is 1.11. The third-order valence-corrected chi connectivity index (χ3v) is 1.87. The zero-order valence-corrected chi connectivity index (χ0v) is 8.32. The molecule has 0 saturated heterocycles. The van der Waals surface area contributed by atoms with Gasteiger partial charge in [0.1, 0.15) is 0 Å². The van der Waals surface area contributed by atoms with Crippen LogP contribution in [0.4, 0.5) is 5.95 Å². The van der Waals surface area contributed by atoms with Gasteiger partial charge in [-0.1, -0.05) is 0 Å². The second kappa shape index (κ2) is 4.23. The highest BCUT2D eigenvalue weighted by molar-refractivity contribution is 5.26. The largest absolute Gasteiger partial charge is 0.339 e. The monoisotopic (exact) mass is 184 g/mol. The van der Waals surface area contributed by atoms with Gasteiger partial charge in [0.15, 0.2) is 0 Å². The van der Waals surface area contributed by atoms with Gasteiger partial charge in [-0.25, -0.2) is 0 Å². The maximum Gasteiger partial charge on any atom is 0.266 e. The first-order chi connectivity index (χ1) is 6.19. The molecule has 0 amide bonds. The topological polar surface area (TPSA) is 68.2 Å². The smallest absolute Gasteiger partial charge is 0.266 e. The van der Waals surface area contributed by atoms with Crippen molar-refractivity contribution in [2.75, 3.05) is 18.0 Å². The highest BCUT2D eigenvalue weighted by Gasteiger charge is 2.13. The van der Waals surface area contributed by atoms with Crippen molar-refractivity contribution in [3.8, 4) is 0 Å². The van der Waals surface area contributed by atoms with E-state index in [9.17, 15) is 0 Å². The molecule has 0 aliphatic heterocycles. The Kier molecular flexibility index (Phi) is 3.25. The zero-order valence-electron chi connectivity index (χ0n) is 8.32. The molecular formula is C8H16N4O. The van der Waals surface area contributed by atoms with E-state index < -0.39 is 0 Å². The number of hydrogen-bond acceptors (Lipinski definition) is 5. The van der Waals surface area contributed by atoms with Gasteiger partial charge in [0, 0.05) is 13.1 Å². The third kappa shape index (κ3) is 2.18. The van der Waals surface area contributed by atoms with Crippen molar-refractivity contribution in [2.45, 2.75) is 26.8 Å². The van der Waals surface area contributed by atoms with Crippen LogP contribution in [0, 0.1) is 0 Å². The van der Waals surface area contributed by atoms with E-state index in [4.69, 9.17) is 10.3 Å². The minimum atomic E-state index is -0.197. The van der Waals surface area contributed by atoms with Crippen LogP contribution >= 0.6 is 0 Å². The van der Waals surface area contributed by atoms with E-state index in [0.717, 1.165) is 13.1 Å². The van der Waals surface area contributed by atoms with E-state index in [2.05, 4.69) is 10.1 Å². The molecular weight excluding hydrogens is 168 g/mol. The summed E-state index contributed by atoms with van der Waals surface area (Å²) in [6, 6.07) is -0.197. The summed E-state index contributed by atoms with van der Waals surface area (Å²) in [6.07, 6.45) is 0. The van der Waals surface area contributed by atoms with E-state index in [1.54, 1.807) is 0 Å². The van der Waals surface area contributed by atoms with Crippen LogP contribution in [-0.4, -0.2) is 23.2 Å². The SMILES string of the molecule is CCN(CC)c1noc([C@H](C)N)n1. The van der Waals surface area contributed by atoms with Crippen molar-refractivity contribution in [3.63, 3.8) is 0 Å². The zero-order chi connectivity index (χ0) is 9.84. The molecule has 0 radical (unpaired) electrons. The molecule has 1 atom stereocenters.